The Bertz CT molecular complexity index is 1000. The van der Waals surface area contributed by atoms with Gasteiger partial charge >= 0.3 is 0 Å². The van der Waals surface area contributed by atoms with E-state index in [1.807, 2.05) is 47.4 Å². The molecule has 0 N–H and O–H groups in total. The van der Waals surface area contributed by atoms with Crippen LogP contribution in [0.1, 0.15) is 42.4 Å². The van der Waals surface area contributed by atoms with E-state index in [0.29, 0.717) is 5.69 Å². The molecule has 148 valence electrons. The van der Waals surface area contributed by atoms with Gasteiger partial charge in [-0.15, -0.1) is 0 Å². The quantitative estimate of drug-likeness (QED) is 0.649. The Morgan fingerprint density at radius 3 is 2.59 bits per heavy atom. The molecule has 0 spiro atoms. The summed E-state index contributed by atoms with van der Waals surface area (Å²) >= 11 is 0. The number of hydrogen-bond acceptors (Lipinski definition) is 4. The number of fused-ring (bicyclic) bond motifs is 1. The number of benzene rings is 2. The summed E-state index contributed by atoms with van der Waals surface area (Å²) in [5.41, 5.74) is 3.82. The molecule has 29 heavy (non-hydrogen) atoms. The van der Waals surface area contributed by atoms with Crippen LogP contribution in [0.4, 0.5) is 11.5 Å². The van der Waals surface area contributed by atoms with Crippen LogP contribution in [0.15, 0.2) is 67.0 Å². The van der Waals surface area contributed by atoms with Gasteiger partial charge in [0.05, 0.1) is 0 Å². The highest BCUT2D eigenvalue weighted by Crippen LogP contribution is 2.33. The van der Waals surface area contributed by atoms with Gasteiger partial charge in [0, 0.05) is 30.4 Å². The Labute approximate surface area is 172 Å². The predicted molar refractivity (Wildman–Crippen MR) is 116 cm³/mol. The van der Waals surface area contributed by atoms with Crippen LogP contribution in [-0.4, -0.2) is 28.0 Å². The van der Waals surface area contributed by atoms with Gasteiger partial charge in [-0.1, -0.05) is 48.5 Å². The minimum Gasteiger partial charge on any atom is -0.350 e. The number of nitrogens with zero attached hydrogens (tertiary/aromatic N) is 4. The van der Waals surface area contributed by atoms with Crippen molar-refractivity contribution in [2.24, 2.45) is 0 Å². The van der Waals surface area contributed by atoms with Gasteiger partial charge in [0.2, 0.25) is 0 Å². The lowest BCUT2D eigenvalue weighted by Crippen LogP contribution is -2.37. The molecule has 0 aliphatic carbocycles. The fourth-order valence-electron chi connectivity index (χ4n) is 3.93. The summed E-state index contributed by atoms with van der Waals surface area (Å²) in [4.78, 5) is 26.2. The van der Waals surface area contributed by atoms with Gasteiger partial charge in [0.25, 0.3) is 5.91 Å². The first-order chi connectivity index (χ1) is 14.0. The van der Waals surface area contributed by atoms with Crippen LogP contribution in [0.2, 0.25) is 0 Å². The van der Waals surface area contributed by atoms with E-state index in [9.17, 15) is 4.79 Å². The Hall–Kier alpha value is -3.21. The van der Waals surface area contributed by atoms with Crippen LogP contribution in [0, 0.1) is 0 Å². The molecule has 1 unspecified atom stereocenters. The van der Waals surface area contributed by atoms with Crippen LogP contribution < -0.4 is 9.80 Å². The molecule has 1 atom stereocenters. The number of rotatable bonds is 5. The van der Waals surface area contributed by atoms with E-state index < -0.39 is 0 Å². The van der Waals surface area contributed by atoms with Crippen molar-refractivity contribution in [3.05, 3.63) is 83.8 Å². The largest absolute Gasteiger partial charge is 0.350 e. The summed E-state index contributed by atoms with van der Waals surface area (Å²) in [5.74, 6) is 0.692. The van der Waals surface area contributed by atoms with Crippen molar-refractivity contribution in [2.75, 3.05) is 9.80 Å². The molecule has 1 amide bonds. The molecule has 2 aromatic carbocycles. The highest BCUT2D eigenvalue weighted by atomic mass is 16.2. The zero-order valence-electron chi connectivity index (χ0n) is 17.1. The second-order valence-electron chi connectivity index (χ2n) is 7.83. The van der Waals surface area contributed by atoms with Crippen molar-refractivity contribution in [3.8, 4) is 0 Å². The maximum absolute atomic E-state index is 13.3. The lowest BCUT2D eigenvalue weighted by Gasteiger charge is -2.28. The van der Waals surface area contributed by atoms with Crippen LogP contribution in [0.5, 0.6) is 0 Å². The zero-order valence-corrected chi connectivity index (χ0v) is 17.1. The molecule has 0 saturated carbocycles. The van der Waals surface area contributed by atoms with Crippen molar-refractivity contribution in [3.63, 3.8) is 0 Å². The number of carbonyl (C=O) groups excluding carboxylic acids is 1. The minimum atomic E-state index is -0.0745. The van der Waals surface area contributed by atoms with Crippen molar-refractivity contribution < 1.29 is 4.79 Å². The number of carbonyl (C=O) groups is 1. The van der Waals surface area contributed by atoms with E-state index in [0.717, 1.165) is 24.5 Å². The molecule has 1 aliphatic heterocycles. The second kappa shape index (κ2) is 8.03. The lowest BCUT2D eigenvalue weighted by molar-refractivity contribution is 0.0976. The SMILES string of the molecule is CC(C)N(Cc1ccccc1)c1cc(C(=O)N2c3ccccc3CC2C)ncn1. The lowest BCUT2D eigenvalue weighted by atomic mass is 10.1. The molecule has 0 bridgehead atoms. The van der Waals surface area contributed by atoms with Crippen molar-refractivity contribution in [1.82, 2.24) is 9.97 Å². The van der Waals surface area contributed by atoms with Crippen LogP contribution in [0.3, 0.4) is 0 Å². The maximum Gasteiger partial charge on any atom is 0.277 e. The highest BCUT2D eigenvalue weighted by Gasteiger charge is 2.32. The van der Waals surface area contributed by atoms with Gasteiger partial charge in [-0.25, -0.2) is 9.97 Å². The van der Waals surface area contributed by atoms with Gasteiger partial charge in [0.1, 0.15) is 17.8 Å². The third-order valence-corrected chi connectivity index (χ3v) is 5.41. The molecule has 0 saturated heterocycles. The van der Waals surface area contributed by atoms with Gasteiger partial charge in [0.15, 0.2) is 0 Å². The average molecular weight is 386 g/mol. The van der Waals surface area contributed by atoms with Crippen molar-refractivity contribution in [1.29, 1.82) is 0 Å². The molecule has 4 rings (SSSR count). The number of hydrogen-bond donors (Lipinski definition) is 0. The number of anilines is 2. The van der Waals surface area contributed by atoms with Crippen LogP contribution >= 0.6 is 0 Å². The molecule has 0 radical (unpaired) electrons. The smallest absolute Gasteiger partial charge is 0.277 e. The average Bonchev–Trinajstić information content (AvgIpc) is 3.07. The molecule has 2 heterocycles. The molecule has 1 aromatic heterocycles. The summed E-state index contributed by atoms with van der Waals surface area (Å²) in [6, 6.07) is 20.6. The van der Waals surface area contributed by atoms with Crippen LogP contribution in [0.25, 0.3) is 0 Å². The molecule has 1 aliphatic rings. The topological polar surface area (TPSA) is 49.3 Å². The van der Waals surface area contributed by atoms with E-state index in [4.69, 9.17) is 0 Å². The summed E-state index contributed by atoms with van der Waals surface area (Å²) < 4.78 is 0. The fraction of sp³-hybridized carbons (Fsp3) is 0.292. The predicted octanol–water partition coefficient (Wildman–Crippen LogP) is 4.48. The highest BCUT2D eigenvalue weighted by molar-refractivity contribution is 6.06. The number of para-hydroxylation sites is 1. The van der Waals surface area contributed by atoms with Gasteiger partial charge < -0.3 is 9.80 Å². The monoisotopic (exact) mass is 386 g/mol. The molecule has 0 fully saturated rings. The maximum atomic E-state index is 13.3. The first-order valence-electron chi connectivity index (χ1n) is 10.1. The molecular weight excluding hydrogens is 360 g/mol. The Morgan fingerprint density at radius 2 is 1.83 bits per heavy atom. The second-order valence-corrected chi connectivity index (χ2v) is 7.83. The van der Waals surface area contributed by atoms with Crippen LogP contribution in [-0.2, 0) is 13.0 Å². The molecule has 5 nitrogen and oxygen atoms in total. The van der Waals surface area contributed by atoms with E-state index in [2.05, 4.69) is 53.8 Å². The van der Waals surface area contributed by atoms with Crippen molar-refractivity contribution >= 4 is 17.4 Å². The normalized spacial score (nSPS) is 15.4. The van der Waals surface area contributed by atoms with Gasteiger partial charge in [-0.05, 0) is 44.4 Å². The Kier molecular flexibility index (Phi) is 5.30. The van der Waals surface area contributed by atoms with Gasteiger partial charge in [-0.3, -0.25) is 4.79 Å². The van der Waals surface area contributed by atoms with Gasteiger partial charge in [-0.2, -0.15) is 0 Å². The summed E-state index contributed by atoms with van der Waals surface area (Å²) in [5, 5.41) is 0. The molecular formula is C24H26N4O. The fourth-order valence-corrected chi connectivity index (χ4v) is 3.93. The van der Waals surface area contributed by atoms with E-state index in [-0.39, 0.29) is 18.0 Å². The summed E-state index contributed by atoms with van der Waals surface area (Å²) in [7, 11) is 0. The molecule has 3 aromatic rings. The molecule has 5 heteroatoms. The first kappa shape index (κ1) is 19.1. The number of amides is 1. The Balaban J connectivity index is 1.63. The zero-order chi connectivity index (χ0) is 20.4. The van der Waals surface area contributed by atoms with E-state index >= 15 is 0 Å². The summed E-state index contributed by atoms with van der Waals surface area (Å²) in [6.45, 7) is 7.07. The minimum absolute atomic E-state index is 0.0745. The number of aromatic nitrogens is 2. The first-order valence-corrected chi connectivity index (χ1v) is 10.1. The Morgan fingerprint density at radius 1 is 1.10 bits per heavy atom. The third-order valence-electron chi connectivity index (χ3n) is 5.41. The van der Waals surface area contributed by atoms with Crippen molar-refractivity contribution in [2.45, 2.75) is 45.8 Å². The van der Waals surface area contributed by atoms with E-state index in [1.165, 1.54) is 17.5 Å². The summed E-state index contributed by atoms with van der Waals surface area (Å²) in [6.07, 6.45) is 2.36. The standard InChI is InChI=1S/C24H26N4O/c1-17(2)27(15-19-9-5-4-6-10-19)23-14-21(25-16-26-23)24(29)28-18(3)13-20-11-7-8-12-22(20)28/h4-12,14,16-18H,13,15H2,1-3H3. The van der Waals surface area contributed by atoms with E-state index in [1.54, 1.807) is 0 Å². The third kappa shape index (κ3) is 3.86.